The summed E-state index contributed by atoms with van der Waals surface area (Å²) >= 11 is 0. The van der Waals surface area contributed by atoms with Gasteiger partial charge in [-0.1, -0.05) is 12.1 Å². The van der Waals surface area contributed by atoms with Crippen LogP contribution in [0.1, 0.15) is 18.0 Å². The van der Waals surface area contributed by atoms with Gasteiger partial charge in [-0.3, -0.25) is 0 Å². The predicted octanol–water partition coefficient (Wildman–Crippen LogP) is 2.04. The zero-order chi connectivity index (χ0) is 11.5. The zero-order valence-corrected chi connectivity index (χ0v) is 9.91. The molecule has 2 nitrogen and oxygen atoms in total. The van der Waals surface area contributed by atoms with Gasteiger partial charge in [0.15, 0.2) is 0 Å². The van der Waals surface area contributed by atoms with Gasteiger partial charge in [0.25, 0.3) is 0 Å². The van der Waals surface area contributed by atoms with Gasteiger partial charge in [-0.15, -0.1) is 0 Å². The number of hydrogen-bond donors (Lipinski definition) is 1. The predicted molar refractivity (Wildman–Crippen MR) is 63.8 cm³/mol. The third-order valence-corrected chi connectivity index (χ3v) is 3.31. The standard InChI is InChI=1S/C13H19FN2/c1-16(2)13(11-7-8-15-9-11)10-3-5-12(14)6-4-10/h3-6,11,13,15H,7-9H2,1-2H3. The van der Waals surface area contributed by atoms with Crippen molar-refractivity contribution in [1.29, 1.82) is 0 Å². The van der Waals surface area contributed by atoms with Crippen molar-refractivity contribution in [3.05, 3.63) is 35.6 Å². The molecule has 16 heavy (non-hydrogen) atoms. The zero-order valence-electron chi connectivity index (χ0n) is 9.91. The molecular weight excluding hydrogens is 203 g/mol. The Morgan fingerprint density at radius 2 is 2.00 bits per heavy atom. The first-order valence-corrected chi connectivity index (χ1v) is 5.81. The second kappa shape index (κ2) is 4.93. The molecule has 88 valence electrons. The lowest BCUT2D eigenvalue weighted by Crippen LogP contribution is -2.28. The van der Waals surface area contributed by atoms with Crippen molar-refractivity contribution in [2.24, 2.45) is 5.92 Å². The van der Waals surface area contributed by atoms with Crippen LogP contribution in [0.4, 0.5) is 4.39 Å². The molecule has 0 amide bonds. The molecule has 2 atom stereocenters. The molecule has 1 saturated heterocycles. The molecule has 0 spiro atoms. The van der Waals surface area contributed by atoms with Crippen LogP contribution in [0.3, 0.4) is 0 Å². The van der Waals surface area contributed by atoms with Gasteiger partial charge in [-0.05, 0) is 57.2 Å². The highest BCUT2D eigenvalue weighted by atomic mass is 19.1. The average Bonchev–Trinajstić information content (AvgIpc) is 2.74. The van der Waals surface area contributed by atoms with E-state index in [2.05, 4.69) is 24.3 Å². The van der Waals surface area contributed by atoms with Gasteiger partial charge < -0.3 is 10.2 Å². The fourth-order valence-electron chi connectivity index (χ4n) is 2.60. The third kappa shape index (κ3) is 2.42. The summed E-state index contributed by atoms with van der Waals surface area (Å²) < 4.78 is 12.9. The van der Waals surface area contributed by atoms with Gasteiger partial charge in [0, 0.05) is 6.04 Å². The molecule has 0 aliphatic carbocycles. The van der Waals surface area contributed by atoms with Gasteiger partial charge in [-0.2, -0.15) is 0 Å². The molecule has 1 aliphatic heterocycles. The summed E-state index contributed by atoms with van der Waals surface area (Å²) in [6, 6.07) is 7.29. The van der Waals surface area contributed by atoms with E-state index in [1.165, 1.54) is 12.0 Å². The Balaban J connectivity index is 2.21. The maximum atomic E-state index is 12.9. The van der Waals surface area contributed by atoms with Gasteiger partial charge in [0.05, 0.1) is 0 Å². The van der Waals surface area contributed by atoms with Gasteiger partial charge in [-0.25, -0.2) is 4.39 Å². The molecule has 1 N–H and O–H groups in total. The Labute approximate surface area is 96.5 Å². The molecule has 2 rings (SSSR count). The number of rotatable bonds is 3. The maximum Gasteiger partial charge on any atom is 0.123 e. The highest BCUT2D eigenvalue weighted by Crippen LogP contribution is 2.30. The Bertz CT molecular complexity index is 328. The minimum absolute atomic E-state index is 0.161. The molecule has 1 aromatic rings. The molecule has 1 fully saturated rings. The molecular formula is C13H19FN2. The summed E-state index contributed by atoms with van der Waals surface area (Å²) in [5.41, 5.74) is 1.21. The van der Waals surface area contributed by atoms with Crippen LogP contribution in [-0.2, 0) is 0 Å². The largest absolute Gasteiger partial charge is 0.316 e. The van der Waals surface area contributed by atoms with Crippen LogP contribution in [0.2, 0.25) is 0 Å². The number of nitrogens with zero attached hydrogens (tertiary/aromatic N) is 1. The first-order chi connectivity index (χ1) is 7.68. The van der Waals surface area contributed by atoms with Crippen molar-refractivity contribution in [1.82, 2.24) is 10.2 Å². The lowest BCUT2D eigenvalue weighted by molar-refractivity contribution is 0.223. The Hall–Kier alpha value is -0.930. The van der Waals surface area contributed by atoms with E-state index in [4.69, 9.17) is 0 Å². The molecule has 1 aromatic carbocycles. The topological polar surface area (TPSA) is 15.3 Å². The average molecular weight is 222 g/mol. The van der Waals surface area contributed by atoms with Crippen LogP contribution < -0.4 is 5.32 Å². The molecule has 0 saturated carbocycles. The van der Waals surface area contributed by atoms with Crippen molar-refractivity contribution in [3.8, 4) is 0 Å². The van der Waals surface area contributed by atoms with Crippen molar-refractivity contribution in [2.75, 3.05) is 27.2 Å². The lowest BCUT2D eigenvalue weighted by atomic mass is 9.91. The van der Waals surface area contributed by atoms with Crippen LogP contribution in [-0.4, -0.2) is 32.1 Å². The van der Waals surface area contributed by atoms with Crippen LogP contribution >= 0.6 is 0 Å². The minimum Gasteiger partial charge on any atom is -0.316 e. The maximum absolute atomic E-state index is 12.9. The van der Waals surface area contributed by atoms with Crippen LogP contribution in [0.5, 0.6) is 0 Å². The first kappa shape index (κ1) is 11.6. The van der Waals surface area contributed by atoms with Crippen molar-refractivity contribution in [3.63, 3.8) is 0 Å². The molecule has 1 aliphatic rings. The summed E-state index contributed by atoms with van der Waals surface area (Å²) in [5, 5.41) is 3.39. The number of halogens is 1. The fraction of sp³-hybridized carbons (Fsp3) is 0.538. The van der Waals surface area contributed by atoms with Crippen molar-refractivity contribution in [2.45, 2.75) is 12.5 Å². The minimum atomic E-state index is -0.161. The van der Waals surface area contributed by atoms with E-state index < -0.39 is 0 Å². The van der Waals surface area contributed by atoms with Crippen LogP contribution in [0.25, 0.3) is 0 Å². The molecule has 3 heteroatoms. The third-order valence-electron chi connectivity index (χ3n) is 3.31. The van der Waals surface area contributed by atoms with E-state index >= 15 is 0 Å². The Morgan fingerprint density at radius 1 is 1.31 bits per heavy atom. The second-order valence-electron chi connectivity index (χ2n) is 4.71. The SMILES string of the molecule is CN(C)C(c1ccc(F)cc1)C1CCNC1. The molecule has 0 bridgehead atoms. The van der Waals surface area contributed by atoms with Crippen molar-refractivity contribution >= 4 is 0 Å². The Kier molecular flexibility index (Phi) is 3.56. The monoisotopic (exact) mass is 222 g/mol. The summed E-state index contributed by atoms with van der Waals surface area (Å²) in [7, 11) is 4.18. The first-order valence-electron chi connectivity index (χ1n) is 5.81. The number of nitrogens with one attached hydrogen (secondary N) is 1. The summed E-state index contributed by atoms with van der Waals surface area (Å²) in [4.78, 5) is 2.23. The van der Waals surface area contributed by atoms with Gasteiger partial charge >= 0.3 is 0 Å². The number of hydrogen-bond acceptors (Lipinski definition) is 2. The van der Waals surface area contributed by atoms with E-state index in [-0.39, 0.29) is 5.82 Å². The summed E-state index contributed by atoms with van der Waals surface area (Å²) in [6.45, 7) is 2.15. The smallest absolute Gasteiger partial charge is 0.123 e. The van der Waals surface area contributed by atoms with E-state index in [1.54, 1.807) is 12.1 Å². The highest BCUT2D eigenvalue weighted by molar-refractivity contribution is 5.21. The van der Waals surface area contributed by atoms with Crippen LogP contribution in [0.15, 0.2) is 24.3 Å². The highest BCUT2D eigenvalue weighted by Gasteiger charge is 2.27. The number of benzene rings is 1. The summed E-state index contributed by atoms with van der Waals surface area (Å²) in [6.07, 6.45) is 1.19. The van der Waals surface area contributed by atoms with Crippen LogP contribution in [0, 0.1) is 11.7 Å². The van der Waals surface area contributed by atoms with E-state index in [0.717, 1.165) is 13.1 Å². The van der Waals surface area contributed by atoms with E-state index in [9.17, 15) is 4.39 Å². The molecule has 0 radical (unpaired) electrons. The lowest BCUT2D eigenvalue weighted by Gasteiger charge is -2.30. The van der Waals surface area contributed by atoms with E-state index in [0.29, 0.717) is 12.0 Å². The summed E-state index contributed by atoms with van der Waals surface area (Å²) in [5.74, 6) is 0.464. The Morgan fingerprint density at radius 3 is 2.50 bits per heavy atom. The van der Waals surface area contributed by atoms with E-state index in [1.807, 2.05) is 12.1 Å². The quantitative estimate of drug-likeness (QED) is 0.842. The second-order valence-corrected chi connectivity index (χ2v) is 4.71. The molecule has 1 heterocycles. The van der Waals surface area contributed by atoms with Crippen molar-refractivity contribution < 1.29 is 4.39 Å². The van der Waals surface area contributed by atoms with Gasteiger partial charge in [0.2, 0.25) is 0 Å². The fourth-order valence-corrected chi connectivity index (χ4v) is 2.60. The van der Waals surface area contributed by atoms with Gasteiger partial charge in [0.1, 0.15) is 5.82 Å². The molecule has 0 aromatic heterocycles. The normalized spacial score (nSPS) is 22.6. The molecule has 2 unspecified atom stereocenters.